The summed E-state index contributed by atoms with van der Waals surface area (Å²) >= 11 is 0. The number of carbonyl (C=O) groups excluding carboxylic acids is 4. The van der Waals surface area contributed by atoms with E-state index in [0.717, 1.165) is 44.7 Å². The molecule has 232 valence electrons. The number of urea groups is 1. The van der Waals surface area contributed by atoms with Crippen LogP contribution in [0.5, 0.6) is 0 Å². The second-order valence-electron chi connectivity index (χ2n) is 13.3. The summed E-state index contributed by atoms with van der Waals surface area (Å²) in [4.78, 5) is 60.9. The molecule has 3 heterocycles. The van der Waals surface area contributed by atoms with Crippen molar-refractivity contribution in [1.82, 2.24) is 20.4 Å². The molecule has 2 bridgehead atoms. The highest BCUT2D eigenvalue weighted by Crippen LogP contribution is 2.42. The number of Topliss-reactive ketones (excluding diaryl/α,β-unsaturated/α-hetero) is 1. The largest absolute Gasteiger partial charge is 0.459 e. The van der Waals surface area contributed by atoms with E-state index in [9.17, 15) is 19.2 Å². The van der Waals surface area contributed by atoms with Gasteiger partial charge in [-0.25, -0.2) is 14.5 Å². The third kappa shape index (κ3) is 6.62. The number of amidine groups is 1. The average Bonchev–Trinajstić information content (AvgIpc) is 3.41. The smallest absolute Gasteiger partial charge is 0.408 e. The van der Waals surface area contributed by atoms with Gasteiger partial charge in [-0.05, 0) is 63.4 Å². The summed E-state index contributed by atoms with van der Waals surface area (Å²) in [7, 11) is 0. The van der Waals surface area contributed by atoms with E-state index in [0.29, 0.717) is 13.0 Å². The van der Waals surface area contributed by atoms with Crippen LogP contribution in [0.3, 0.4) is 0 Å². The van der Waals surface area contributed by atoms with Crippen molar-refractivity contribution in [3.63, 3.8) is 0 Å². The highest BCUT2D eigenvalue weighted by atomic mass is 16.6. The lowest BCUT2D eigenvalue weighted by molar-refractivity contribution is -0.141. The molecule has 3 fully saturated rings. The van der Waals surface area contributed by atoms with Crippen molar-refractivity contribution >= 4 is 36.1 Å². The molecule has 12 nitrogen and oxygen atoms in total. The lowest BCUT2D eigenvalue weighted by Crippen LogP contribution is -2.58. The number of hydrogen-bond acceptors (Lipinski definition) is 8. The van der Waals surface area contributed by atoms with Gasteiger partial charge in [0.25, 0.3) is 0 Å². The van der Waals surface area contributed by atoms with Gasteiger partial charge in [0.15, 0.2) is 5.78 Å². The summed E-state index contributed by atoms with van der Waals surface area (Å²) in [6.07, 6.45) is 7.16. The van der Waals surface area contributed by atoms with Gasteiger partial charge in [-0.1, -0.05) is 40.5 Å². The molecular formula is C30H46N6O6. The Morgan fingerprint density at radius 3 is 2.52 bits per heavy atom. The Kier molecular flexibility index (Phi) is 9.32. The zero-order chi connectivity index (χ0) is 30.8. The van der Waals surface area contributed by atoms with Crippen LogP contribution in [0.1, 0.15) is 86.5 Å². The fourth-order valence-corrected chi connectivity index (χ4v) is 6.76. The predicted molar refractivity (Wildman–Crippen MR) is 157 cm³/mol. The van der Waals surface area contributed by atoms with E-state index in [-0.39, 0.29) is 30.1 Å². The number of carbonyl (C=O) groups is 4. The van der Waals surface area contributed by atoms with Crippen LogP contribution in [0.25, 0.3) is 0 Å². The van der Waals surface area contributed by atoms with Crippen molar-refractivity contribution in [1.29, 1.82) is 5.41 Å². The molecule has 0 aromatic rings. The summed E-state index contributed by atoms with van der Waals surface area (Å²) in [6.45, 7) is 11.3. The van der Waals surface area contributed by atoms with Crippen molar-refractivity contribution in [2.75, 3.05) is 13.1 Å². The first-order valence-electron chi connectivity index (χ1n) is 15.1. The predicted octanol–water partition coefficient (Wildman–Crippen LogP) is 3.95. The number of fused-ring (bicyclic) bond motifs is 4. The van der Waals surface area contributed by atoms with Gasteiger partial charge in [-0.3, -0.25) is 14.9 Å². The molecule has 4 aliphatic rings. The second-order valence-corrected chi connectivity index (χ2v) is 13.3. The van der Waals surface area contributed by atoms with Crippen LogP contribution in [0.2, 0.25) is 0 Å². The molecule has 4 rings (SSSR count). The topological polar surface area (TPSA) is 153 Å². The van der Waals surface area contributed by atoms with E-state index in [1.807, 2.05) is 34.6 Å². The first-order valence-corrected chi connectivity index (χ1v) is 15.1. The third-order valence-electron chi connectivity index (χ3n) is 9.15. The Hall–Kier alpha value is -3.44. The lowest BCUT2D eigenvalue weighted by atomic mass is 9.85. The Labute approximate surface area is 248 Å². The fourth-order valence-electron chi connectivity index (χ4n) is 6.76. The number of aliphatic imine (C=N–C) groups is 1. The number of amides is 4. The number of nitrogens with zero attached hydrogens (tertiary/aromatic N) is 3. The minimum absolute atomic E-state index is 0.0748. The van der Waals surface area contributed by atoms with Crippen LogP contribution in [-0.4, -0.2) is 82.7 Å². The first-order chi connectivity index (χ1) is 19.7. The molecule has 12 heteroatoms. The van der Waals surface area contributed by atoms with Crippen LogP contribution in [0.15, 0.2) is 16.9 Å². The maximum absolute atomic E-state index is 14.1. The van der Waals surface area contributed by atoms with Crippen LogP contribution in [-0.2, 0) is 19.1 Å². The molecule has 0 spiro atoms. The highest BCUT2D eigenvalue weighted by Gasteiger charge is 2.50. The Morgan fingerprint density at radius 1 is 1.14 bits per heavy atom. The van der Waals surface area contributed by atoms with Crippen molar-refractivity contribution in [2.45, 2.75) is 110 Å². The SMILES string of the molecule is CC(=O)[C@@H]1[C@H](C)[C@@H]2CN1C(=O)[C@H](C(C)(C)C)NC(=O)O[C@]1(C)CCC[C@H]1CCCCCN1C(=O)N/C(=C\C=N)N=C1O2. The normalized spacial score (nSPS) is 34.1. The summed E-state index contributed by atoms with van der Waals surface area (Å²) in [6, 6.07) is -2.06. The molecule has 3 aliphatic heterocycles. The molecule has 4 amide bonds. The maximum atomic E-state index is 14.1. The number of rotatable bonds is 2. The Bertz CT molecular complexity index is 1160. The third-order valence-corrected chi connectivity index (χ3v) is 9.15. The van der Waals surface area contributed by atoms with E-state index >= 15 is 0 Å². The van der Waals surface area contributed by atoms with Gasteiger partial charge in [-0.15, -0.1) is 0 Å². The van der Waals surface area contributed by atoms with E-state index in [2.05, 4.69) is 15.6 Å². The van der Waals surface area contributed by atoms with Crippen LogP contribution < -0.4 is 10.6 Å². The summed E-state index contributed by atoms with van der Waals surface area (Å²) in [5.41, 5.74) is -1.31. The molecule has 0 unspecified atom stereocenters. The zero-order valence-corrected chi connectivity index (χ0v) is 25.7. The van der Waals surface area contributed by atoms with Gasteiger partial charge in [0, 0.05) is 18.7 Å². The molecular weight excluding hydrogens is 540 g/mol. The lowest BCUT2D eigenvalue weighted by Gasteiger charge is -2.37. The maximum Gasteiger partial charge on any atom is 0.408 e. The van der Waals surface area contributed by atoms with Gasteiger partial charge in [-0.2, -0.15) is 4.99 Å². The molecule has 0 radical (unpaired) electrons. The quantitative estimate of drug-likeness (QED) is 0.417. The first kappa shape index (κ1) is 31.5. The number of allylic oxidation sites excluding steroid dienone is 1. The number of alkyl carbamates (subject to hydrolysis) is 1. The monoisotopic (exact) mass is 586 g/mol. The molecule has 0 aromatic heterocycles. The molecule has 1 saturated carbocycles. The highest BCUT2D eigenvalue weighted by molar-refractivity contribution is 5.98. The molecule has 3 N–H and O–H groups in total. The number of hydrogen-bond donors (Lipinski definition) is 3. The minimum atomic E-state index is -0.948. The summed E-state index contributed by atoms with van der Waals surface area (Å²) < 4.78 is 12.4. The molecule has 6 atom stereocenters. The summed E-state index contributed by atoms with van der Waals surface area (Å²) in [5, 5.41) is 13.0. The molecule has 2 saturated heterocycles. The average molecular weight is 587 g/mol. The van der Waals surface area contributed by atoms with Crippen LogP contribution in [0.4, 0.5) is 9.59 Å². The number of ketones is 1. The van der Waals surface area contributed by atoms with Crippen molar-refractivity contribution in [3.05, 3.63) is 11.9 Å². The van der Waals surface area contributed by atoms with E-state index < -0.39 is 53.2 Å². The minimum Gasteiger partial charge on any atom is -0.459 e. The van der Waals surface area contributed by atoms with Crippen molar-refractivity contribution in [3.8, 4) is 0 Å². The molecule has 42 heavy (non-hydrogen) atoms. The number of ether oxygens (including phenoxy) is 2. The van der Waals surface area contributed by atoms with Crippen molar-refractivity contribution < 1.29 is 28.7 Å². The van der Waals surface area contributed by atoms with E-state index in [1.165, 1.54) is 22.8 Å². The van der Waals surface area contributed by atoms with Gasteiger partial charge < -0.3 is 25.1 Å². The van der Waals surface area contributed by atoms with Crippen molar-refractivity contribution in [2.24, 2.45) is 22.2 Å². The van der Waals surface area contributed by atoms with E-state index in [1.54, 1.807) is 0 Å². The summed E-state index contributed by atoms with van der Waals surface area (Å²) in [5.74, 6) is -0.628. The van der Waals surface area contributed by atoms with Gasteiger partial charge in [0.05, 0.1) is 12.6 Å². The van der Waals surface area contributed by atoms with Crippen LogP contribution >= 0.6 is 0 Å². The molecule has 1 aliphatic carbocycles. The Balaban J connectivity index is 1.71. The fraction of sp³-hybridized carbons (Fsp3) is 0.733. The van der Waals surface area contributed by atoms with Gasteiger partial charge in [0.1, 0.15) is 23.6 Å². The standard InChI is InChI=1S/C30H46N6O6/c1-18-21-17-36(23(18)19(2)37)25(38)24(29(3,4)5)34-28(40)42-30(6)14-10-12-20(30)11-8-7-9-16-35-26(39)32-22(13-15-31)33-27(35)41-21/h13,15,18,20-21,23-24,31H,7-12,14,16-17H2,1-6H3,(H,32,39)(H,34,40)/b22-13+,31-15?/t18-,20-,21+,23+,24-,30-/m1/s1. The molecule has 0 aromatic carbocycles. The Morgan fingerprint density at radius 2 is 1.86 bits per heavy atom. The van der Waals surface area contributed by atoms with Crippen LogP contribution in [0, 0.1) is 22.7 Å². The number of nitrogens with one attached hydrogen (secondary N) is 3. The van der Waals surface area contributed by atoms with Gasteiger partial charge in [0.2, 0.25) is 5.91 Å². The van der Waals surface area contributed by atoms with E-state index in [4.69, 9.17) is 14.9 Å². The van der Waals surface area contributed by atoms with Gasteiger partial charge >= 0.3 is 18.1 Å². The zero-order valence-electron chi connectivity index (χ0n) is 25.7. The second kappa shape index (κ2) is 12.4.